The Morgan fingerprint density at radius 2 is 1.57 bits per heavy atom. The molecule has 204 valence electrons. The van der Waals surface area contributed by atoms with Crippen molar-refractivity contribution in [2.75, 3.05) is 31.2 Å². The fourth-order valence-electron chi connectivity index (χ4n) is 5.62. The van der Waals surface area contributed by atoms with Crippen molar-refractivity contribution in [3.8, 4) is 22.9 Å². The van der Waals surface area contributed by atoms with Gasteiger partial charge in [-0.15, -0.1) is 0 Å². The highest BCUT2D eigenvalue weighted by molar-refractivity contribution is 5.92. The zero-order valence-corrected chi connectivity index (χ0v) is 23.1. The number of aromatic nitrogens is 4. The number of aryl methyl sites for hydroxylation is 1. The third-order valence-corrected chi connectivity index (χ3v) is 7.50. The van der Waals surface area contributed by atoms with E-state index >= 15 is 0 Å². The normalized spacial score (nSPS) is 14.1. The van der Waals surface area contributed by atoms with Gasteiger partial charge in [-0.1, -0.05) is 42.0 Å². The maximum absolute atomic E-state index is 13.9. The van der Waals surface area contributed by atoms with Gasteiger partial charge in [0, 0.05) is 36.1 Å². The highest BCUT2D eigenvalue weighted by Crippen LogP contribution is 2.37. The average molecular weight is 536 g/mol. The number of anilines is 1. The summed E-state index contributed by atoms with van der Waals surface area (Å²) < 4.78 is 13.6. The van der Waals surface area contributed by atoms with Crippen molar-refractivity contribution in [1.82, 2.24) is 19.5 Å². The van der Waals surface area contributed by atoms with Gasteiger partial charge in [0.2, 0.25) is 0 Å². The Morgan fingerprint density at radius 1 is 0.850 bits per heavy atom. The molecular weight excluding hydrogens is 502 g/mol. The van der Waals surface area contributed by atoms with Crippen LogP contribution in [-0.4, -0.2) is 45.8 Å². The van der Waals surface area contributed by atoms with Crippen molar-refractivity contribution in [2.45, 2.75) is 39.7 Å². The average Bonchev–Trinajstić information content (AvgIpc) is 2.98. The third-order valence-electron chi connectivity index (χ3n) is 7.50. The second-order valence-electron chi connectivity index (χ2n) is 10.1. The van der Waals surface area contributed by atoms with Gasteiger partial charge in [0.25, 0.3) is 5.56 Å². The Labute approximate surface area is 233 Å². The van der Waals surface area contributed by atoms with Crippen LogP contribution in [0.15, 0.2) is 71.8 Å². The summed E-state index contributed by atoms with van der Waals surface area (Å²) in [6, 6.07) is 19.8. The van der Waals surface area contributed by atoms with Crippen molar-refractivity contribution in [2.24, 2.45) is 0 Å². The lowest BCUT2D eigenvalue weighted by molar-refractivity contribution is 0.288. The van der Waals surface area contributed by atoms with Crippen LogP contribution in [0.4, 0.5) is 5.82 Å². The molecule has 5 aromatic rings. The van der Waals surface area contributed by atoms with Gasteiger partial charge in [-0.05, 0) is 51.8 Å². The molecule has 0 unspecified atom stereocenters. The van der Waals surface area contributed by atoms with Crippen LogP contribution in [-0.2, 0) is 0 Å². The molecule has 8 heteroatoms. The molecule has 0 bridgehead atoms. The van der Waals surface area contributed by atoms with Crippen LogP contribution in [0.2, 0.25) is 0 Å². The van der Waals surface area contributed by atoms with E-state index in [2.05, 4.69) is 14.9 Å². The number of hydrogen-bond acceptors (Lipinski definition) is 7. The first-order valence-electron chi connectivity index (χ1n) is 13.9. The summed E-state index contributed by atoms with van der Waals surface area (Å²) in [5.74, 6) is 2.97. The monoisotopic (exact) mass is 535 g/mol. The van der Waals surface area contributed by atoms with Crippen LogP contribution in [0.3, 0.4) is 0 Å². The molecule has 1 aliphatic heterocycles. The van der Waals surface area contributed by atoms with Crippen LogP contribution in [0.5, 0.6) is 11.5 Å². The van der Waals surface area contributed by atoms with Gasteiger partial charge in [0.1, 0.15) is 18.0 Å². The van der Waals surface area contributed by atoms with Gasteiger partial charge in [0.05, 0.1) is 29.6 Å². The van der Waals surface area contributed by atoms with Crippen molar-refractivity contribution in [3.05, 3.63) is 82.9 Å². The number of benzene rings is 3. The largest absolute Gasteiger partial charge is 0.490 e. The minimum atomic E-state index is 0.0169. The Balaban J connectivity index is 1.36. The van der Waals surface area contributed by atoms with E-state index in [1.54, 1.807) is 6.33 Å². The van der Waals surface area contributed by atoms with Crippen LogP contribution in [0, 0.1) is 6.92 Å². The Kier molecular flexibility index (Phi) is 7.07. The third kappa shape index (κ3) is 4.74. The van der Waals surface area contributed by atoms with Crippen LogP contribution >= 0.6 is 0 Å². The summed E-state index contributed by atoms with van der Waals surface area (Å²) in [5, 5.41) is 1.59. The van der Waals surface area contributed by atoms with Crippen LogP contribution < -0.4 is 19.9 Å². The molecule has 0 radical (unpaired) electrons. The standard InChI is InChI=1S/C32H33N5O3/c1-4-39-28-18-24-27(19-29(28)40-5-2)33-20-34-31(24)36-15-13-23(14-16-36)37-30(22-9-7-6-8-10-22)35-26-12-11-21(3)17-25(26)32(37)38/h6-12,17-20,23H,4-5,13-16H2,1-3H3. The maximum atomic E-state index is 13.9. The molecule has 40 heavy (non-hydrogen) atoms. The van der Waals surface area contributed by atoms with E-state index < -0.39 is 0 Å². The van der Waals surface area contributed by atoms with Gasteiger partial charge >= 0.3 is 0 Å². The lowest BCUT2D eigenvalue weighted by atomic mass is 10.0. The minimum Gasteiger partial charge on any atom is -0.490 e. The zero-order valence-electron chi connectivity index (χ0n) is 23.1. The molecule has 0 amide bonds. The fraction of sp³-hybridized carbons (Fsp3) is 0.312. The van der Waals surface area contributed by atoms with Crippen molar-refractivity contribution in [3.63, 3.8) is 0 Å². The molecule has 0 N–H and O–H groups in total. The topological polar surface area (TPSA) is 82.4 Å². The quantitative estimate of drug-likeness (QED) is 0.255. The fourth-order valence-corrected chi connectivity index (χ4v) is 5.62. The summed E-state index contributed by atoms with van der Waals surface area (Å²) in [7, 11) is 0. The molecule has 8 nitrogen and oxygen atoms in total. The first-order chi connectivity index (χ1) is 19.6. The van der Waals surface area contributed by atoms with E-state index in [1.165, 1.54) is 0 Å². The molecule has 1 aliphatic rings. The molecule has 6 rings (SSSR count). The summed E-state index contributed by atoms with van der Waals surface area (Å²) in [4.78, 5) is 30.4. The first kappa shape index (κ1) is 25.8. The molecule has 0 atom stereocenters. The van der Waals surface area contributed by atoms with E-state index in [1.807, 2.05) is 86.0 Å². The molecule has 0 aliphatic carbocycles. The number of piperidine rings is 1. The van der Waals surface area contributed by atoms with E-state index in [0.29, 0.717) is 30.1 Å². The number of nitrogens with zero attached hydrogens (tertiary/aromatic N) is 5. The van der Waals surface area contributed by atoms with Crippen molar-refractivity contribution in [1.29, 1.82) is 0 Å². The second kappa shape index (κ2) is 11.0. The van der Waals surface area contributed by atoms with E-state index in [9.17, 15) is 4.79 Å². The maximum Gasteiger partial charge on any atom is 0.261 e. The number of hydrogen-bond donors (Lipinski definition) is 0. The molecule has 1 fully saturated rings. The highest BCUT2D eigenvalue weighted by atomic mass is 16.5. The van der Waals surface area contributed by atoms with Gasteiger partial charge in [-0.25, -0.2) is 15.0 Å². The second-order valence-corrected chi connectivity index (χ2v) is 10.1. The van der Waals surface area contributed by atoms with Gasteiger partial charge in [-0.3, -0.25) is 9.36 Å². The zero-order chi connectivity index (χ0) is 27.6. The minimum absolute atomic E-state index is 0.0169. The molecule has 1 saturated heterocycles. The van der Waals surface area contributed by atoms with Crippen molar-refractivity contribution < 1.29 is 9.47 Å². The van der Waals surface area contributed by atoms with Gasteiger partial charge in [-0.2, -0.15) is 0 Å². The van der Waals surface area contributed by atoms with Gasteiger partial charge in [0.15, 0.2) is 11.5 Å². The Hall–Kier alpha value is -4.46. The lowest BCUT2D eigenvalue weighted by Crippen LogP contribution is -2.39. The summed E-state index contributed by atoms with van der Waals surface area (Å²) >= 11 is 0. The van der Waals surface area contributed by atoms with Crippen molar-refractivity contribution >= 4 is 27.6 Å². The Bertz CT molecular complexity index is 1730. The van der Waals surface area contributed by atoms with Gasteiger partial charge < -0.3 is 14.4 Å². The van der Waals surface area contributed by atoms with E-state index in [0.717, 1.165) is 65.1 Å². The summed E-state index contributed by atoms with van der Waals surface area (Å²) in [5.41, 5.74) is 3.56. The highest BCUT2D eigenvalue weighted by Gasteiger charge is 2.27. The van der Waals surface area contributed by atoms with Crippen LogP contribution in [0.1, 0.15) is 38.3 Å². The predicted octanol–water partition coefficient (Wildman–Crippen LogP) is 5.95. The molecule has 0 saturated carbocycles. The molecule has 3 aromatic carbocycles. The smallest absolute Gasteiger partial charge is 0.261 e. The van der Waals surface area contributed by atoms with E-state index in [-0.39, 0.29) is 11.6 Å². The first-order valence-corrected chi connectivity index (χ1v) is 13.9. The molecular formula is C32H33N5O3. The predicted molar refractivity (Wildman–Crippen MR) is 159 cm³/mol. The lowest BCUT2D eigenvalue weighted by Gasteiger charge is -2.35. The molecule has 3 heterocycles. The SMILES string of the molecule is CCOc1cc2ncnc(N3CCC(n4c(-c5ccccc5)nc5ccc(C)cc5c4=O)CC3)c2cc1OCC. The number of rotatable bonds is 7. The number of fused-ring (bicyclic) bond motifs is 2. The summed E-state index contributed by atoms with van der Waals surface area (Å²) in [6.45, 7) is 8.51. The number of ether oxygens (including phenoxy) is 2. The van der Waals surface area contributed by atoms with E-state index in [4.69, 9.17) is 14.5 Å². The van der Waals surface area contributed by atoms with Crippen LogP contribution in [0.25, 0.3) is 33.2 Å². The summed E-state index contributed by atoms with van der Waals surface area (Å²) in [6.07, 6.45) is 3.19. The molecule has 0 spiro atoms. The Morgan fingerprint density at radius 3 is 2.30 bits per heavy atom. The molecule has 2 aromatic heterocycles.